The molecule has 0 aliphatic carbocycles. The Balaban J connectivity index is 2.14. The lowest BCUT2D eigenvalue weighted by atomic mass is 9.97. The fourth-order valence-corrected chi connectivity index (χ4v) is 2.09. The lowest BCUT2D eigenvalue weighted by Gasteiger charge is -2.31. The molecule has 5 nitrogen and oxygen atoms in total. The van der Waals surface area contributed by atoms with Crippen LogP contribution < -0.4 is 10.6 Å². The van der Waals surface area contributed by atoms with Crippen molar-refractivity contribution in [2.75, 3.05) is 39.3 Å². The Labute approximate surface area is 103 Å². The Morgan fingerprint density at radius 2 is 2.18 bits per heavy atom. The molecule has 0 saturated carbocycles. The predicted octanol–water partition coefficient (Wildman–Crippen LogP) is -0.0523. The van der Waals surface area contributed by atoms with Crippen LogP contribution >= 0.6 is 0 Å². The first-order valence-corrected chi connectivity index (χ1v) is 6.33. The number of rotatable bonds is 6. The molecule has 0 radical (unpaired) electrons. The quantitative estimate of drug-likeness (QED) is 0.637. The molecule has 1 heterocycles. The van der Waals surface area contributed by atoms with Crippen LogP contribution in [0.25, 0.3) is 0 Å². The van der Waals surface area contributed by atoms with Gasteiger partial charge in [-0.3, -0.25) is 9.69 Å². The van der Waals surface area contributed by atoms with Crippen LogP contribution in [-0.2, 0) is 4.79 Å². The topological polar surface area (TPSA) is 68.2 Å². The van der Waals surface area contributed by atoms with E-state index in [1.807, 2.05) is 6.07 Å². The molecule has 1 aliphatic heterocycles. The zero-order chi connectivity index (χ0) is 12.5. The molecule has 1 amide bonds. The Kier molecular flexibility index (Phi) is 6.60. The van der Waals surface area contributed by atoms with Gasteiger partial charge >= 0.3 is 0 Å². The Morgan fingerprint density at radius 3 is 2.76 bits per heavy atom. The lowest BCUT2D eigenvalue weighted by Crippen LogP contribution is -2.43. The Bertz CT molecular complexity index is 266. The van der Waals surface area contributed by atoms with Gasteiger partial charge in [0.25, 0.3) is 0 Å². The summed E-state index contributed by atoms with van der Waals surface area (Å²) in [5, 5.41) is 14.3. The first kappa shape index (κ1) is 13.9. The maximum Gasteiger partial charge on any atom is 0.235 e. The van der Waals surface area contributed by atoms with Gasteiger partial charge in [0.05, 0.1) is 12.6 Å². The van der Waals surface area contributed by atoms with Crippen LogP contribution in [0.2, 0.25) is 0 Å². The monoisotopic (exact) mass is 238 g/mol. The molecule has 1 rings (SSSR count). The molecule has 0 spiro atoms. The number of nitriles is 1. The number of piperidine rings is 1. The molecule has 96 valence electrons. The second-order valence-electron chi connectivity index (χ2n) is 4.46. The summed E-state index contributed by atoms with van der Waals surface area (Å²) in [6, 6.07) is 1.91. The summed E-state index contributed by atoms with van der Waals surface area (Å²) in [5.41, 5.74) is 0. The van der Waals surface area contributed by atoms with Gasteiger partial charge in [-0.05, 0) is 44.9 Å². The molecule has 1 fully saturated rings. The zero-order valence-corrected chi connectivity index (χ0v) is 10.5. The Morgan fingerprint density at radius 1 is 1.47 bits per heavy atom. The molecule has 5 heteroatoms. The number of likely N-dealkylation sites (tertiary alicyclic amines) is 1. The smallest absolute Gasteiger partial charge is 0.235 e. The van der Waals surface area contributed by atoms with Crippen LogP contribution in [0.1, 0.15) is 19.8 Å². The molecule has 2 N–H and O–H groups in total. The average molecular weight is 238 g/mol. The van der Waals surface area contributed by atoms with E-state index in [4.69, 9.17) is 5.26 Å². The van der Waals surface area contributed by atoms with Gasteiger partial charge in [0.15, 0.2) is 0 Å². The highest BCUT2D eigenvalue weighted by Crippen LogP contribution is 2.15. The van der Waals surface area contributed by atoms with Crippen molar-refractivity contribution in [3.63, 3.8) is 0 Å². The first-order valence-electron chi connectivity index (χ1n) is 6.33. The highest BCUT2D eigenvalue weighted by molar-refractivity contribution is 5.78. The van der Waals surface area contributed by atoms with E-state index in [9.17, 15) is 4.79 Å². The highest BCUT2D eigenvalue weighted by atomic mass is 16.2. The molecule has 0 aromatic rings. The summed E-state index contributed by atoms with van der Waals surface area (Å²) in [5.74, 6) is 0.699. The summed E-state index contributed by atoms with van der Waals surface area (Å²) in [7, 11) is 0. The van der Waals surface area contributed by atoms with Gasteiger partial charge < -0.3 is 10.6 Å². The average Bonchev–Trinajstić information content (AvgIpc) is 2.35. The minimum Gasteiger partial charge on any atom is -0.342 e. The molecular weight excluding hydrogens is 216 g/mol. The maximum atomic E-state index is 11.4. The number of carbonyl (C=O) groups is 1. The first-order chi connectivity index (χ1) is 8.26. The van der Waals surface area contributed by atoms with Crippen molar-refractivity contribution < 1.29 is 4.79 Å². The molecule has 0 bridgehead atoms. The lowest BCUT2D eigenvalue weighted by molar-refractivity contribution is -0.122. The van der Waals surface area contributed by atoms with Gasteiger partial charge in [-0.15, -0.1) is 0 Å². The SMILES string of the molecule is CCNCC1CCN(CC(=O)NCC#N)CC1. The third kappa shape index (κ3) is 5.66. The fourth-order valence-electron chi connectivity index (χ4n) is 2.09. The van der Waals surface area contributed by atoms with Crippen molar-refractivity contribution in [3.8, 4) is 6.07 Å². The van der Waals surface area contributed by atoms with E-state index < -0.39 is 0 Å². The van der Waals surface area contributed by atoms with Gasteiger partial charge in [0.2, 0.25) is 5.91 Å². The van der Waals surface area contributed by atoms with Crippen molar-refractivity contribution in [2.45, 2.75) is 19.8 Å². The molecule has 0 unspecified atom stereocenters. The van der Waals surface area contributed by atoms with Gasteiger partial charge in [-0.1, -0.05) is 6.92 Å². The van der Waals surface area contributed by atoms with Crippen LogP contribution in [0.5, 0.6) is 0 Å². The van der Waals surface area contributed by atoms with Crippen LogP contribution in [-0.4, -0.2) is 50.1 Å². The Hall–Kier alpha value is -1.12. The number of nitrogens with zero attached hydrogens (tertiary/aromatic N) is 2. The molecule has 0 aromatic carbocycles. The number of carbonyl (C=O) groups excluding carboxylic acids is 1. The third-order valence-electron chi connectivity index (χ3n) is 3.12. The van der Waals surface area contributed by atoms with Gasteiger partial charge in [0, 0.05) is 0 Å². The molecule has 1 aliphatic rings. The molecule has 0 atom stereocenters. The largest absolute Gasteiger partial charge is 0.342 e. The highest BCUT2D eigenvalue weighted by Gasteiger charge is 2.20. The van der Waals surface area contributed by atoms with Crippen molar-refractivity contribution in [1.82, 2.24) is 15.5 Å². The summed E-state index contributed by atoms with van der Waals surface area (Å²) < 4.78 is 0. The van der Waals surface area contributed by atoms with E-state index >= 15 is 0 Å². The third-order valence-corrected chi connectivity index (χ3v) is 3.12. The number of hydrogen-bond acceptors (Lipinski definition) is 4. The second kappa shape index (κ2) is 8.04. The van der Waals surface area contributed by atoms with Crippen molar-refractivity contribution in [1.29, 1.82) is 5.26 Å². The van der Waals surface area contributed by atoms with Crippen molar-refractivity contribution >= 4 is 5.91 Å². The number of hydrogen-bond donors (Lipinski definition) is 2. The standard InChI is InChI=1S/C12H22N4O/c1-2-14-9-11-3-7-16(8-4-11)10-12(17)15-6-5-13/h11,14H,2-4,6-10H2,1H3,(H,15,17). The summed E-state index contributed by atoms with van der Waals surface area (Å²) in [6.45, 7) is 6.73. The zero-order valence-electron chi connectivity index (χ0n) is 10.5. The van der Waals surface area contributed by atoms with Crippen LogP contribution in [0.15, 0.2) is 0 Å². The summed E-state index contributed by atoms with van der Waals surface area (Å²) >= 11 is 0. The van der Waals surface area contributed by atoms with E-state index in [1.54, 1.807) is 0 Å². The van der Waals surface area contributed by atoms with Crippen LogP contribution in [0.4, 0.5) is 0 Å². The fraction of sp³-hybridized carbons (Fsp3) is 0.833. The minimum atomic E-state index is -0.0447. The van der Waals surface area contributed by atoms with Crippen LogP contribution in [0, 0.1) is 17.2 Å². The van der Waals surface area contributed by atoms with E-state index in [-0.39, 0.29) is 12.5 Å². The number of amides is 1. The molecule has 17 heavy (non-hydrogen) atoms. The maximum absolute atomic E-state index is 11.4. The minimum absolute atomic E-state index is 0.0447. The number of nitrogens with one attached hydrogen (secondary N) is 2. The van der Waals surface area contributed by atoms with Gasteiger partial charge in [0.1, 0.15) is 6.54 Å². The molecular formula is C12H22N4O. The van der Waals surface area contributed by atoms with Crippen LogP contribution in [0.3, 0.4) is 0 Å². The molecule has 1 saturated heterocycles. The normalized spacial score (nSPS) is 17.6. The van der Waals surface area contributed by atoms with Crippen molar-refractivity contribution in [2.24, 2.45) is 5.92 Å². The van der Waals surface area contributed by atoms with Gasteiger partial charge in [-0.25, -0.2) is 0 Å². The van der Waals surface area contributed by atoms with Gasteiger partial charge in [-0.2, -0.15) is 5.26 Å². The second-order valence-corrected chi connectivity index (χ2v) is 4.46. The van der Waals surface area contributed by atoms with Crippen molar-refractivity contribution in [3.05, 3.63) is 0 Å². The summed E-state index contributed by atoms with van der Waals surface area (Å²) in [4.78, 5) is 13.6. The predicted molar refractivity (Wildman–Crippen MR) is 66.3 cm³/mol. The summed E-state index contributed by atoms with van der Waals surface area (Å²) in [6.07, 6.45) is 2.30. The van der Waals surface area contributed by atoms with E-state index in [0.29, 0.717) is 6.54 Å². The molecule has 0 aromatic heterocycles. The van der Waals surface area contributed by atoms with E-state index in [0.717, 1.165) is 44.9 Å². The van der Waals surface area contributed by atoms with E-state index in [1.165, 1.54) is 0 Å². The van der Waals surface area contributed by atoms with E-state index in [2.05, 4.69) is 22.5 Å².